The first-order valence-corrected chi connectivity index (χ1v) is 5.88. The number of hydrogen-bond acceptors (Lipinski definition) is 4. The van der Waals surface area contributed by atoms with Crippen molar-refractivity contribution in [2.45, 2.75) is 12.8 Å². The van der Waals surface area contributed by atoms with Crippen LogP contribution in [0.4, 0.5) is 5.82 Å². The van der Waals surface area contributed by atoms with Crippen molar-refractivity contribution in [3.63, 3.8) is 0 Å². The number of hydrogen-bond donors (Lipinski definition) is 2. The number of nitrogens with one attached hydrogen (secondary N) is 1. The Hall–Kier alpha value is -2.61. The van der Waals surface area contributed by atoms with E-state index in [4.69, 9.17) is 11.5 Å². The van der Waals surface area contributed by atoms with Crippen LogP contribution >= 0.6 is 0 Å². The molecule has 2 rings (SSSR count). The Balaban J connectivity index is 2.25. The first-order chi connectivity index (χ1) is 9.22. The highest BCUT2D eigenvalue weighted by atomic mass is 16.4. The number of carboxylic acids is 1. The van der Waals surface area contributed by atoms with E-state index in [2.05, 4.69) is 21.2 Å². The predicted octanol–water partition coefficient (Wildman–Crippen LogP) is 2.15. The van der Waals surface area contributed by atoms with Crippen molar-refractivity contribution in [2.75, 3.05) is 11.9 Å². The predicted molar refractivity (Wildman–Crippen MR) is 73.1 cm³/mol. The van der Waals surface area contributed by atoms with Crippen molar-refractivity contribution in [3.05, 3.63) is 30.1 Å². The SMILES string of the molecule is C#CCCCNc1ncnc2cc(C(=O)O)ccc12. The molecule has 5 heteroatoms. The zero-order valence-electron chi connectivity index (χ0n) is 10.3. The Morgan fingerprint density at radius 1 is 1.42 bits per heavy atom. The Morgan fingerprint density at radius 2 is 2.26 bits per heavy atom. The van der Waals surface area contributed by atoms with E-state index in [1.807, 2.05) is 0 Å². The van der Waals surface area contributed by atoms with Crippen LogP contribution in [0.15, 0.2) is 24.5 Å². The second-order valence-electron chi connectivity index (χ2n) is 3.99. The number of rotatable bonds is 5. The van der Waals surface area contributed by atoms with Gasteiger partial charge in [0.2, 0.25) is 0 Å². The standard InChI is InChI=1S/C14H13N3O2/c1-2-3-4-7-15-13-11-6-5-10(14(18)19)8-12(11)16-9-17-13/h1,5-6,8-9H,3-4,7H2,(H,18,19)(H,15,16,17). The molecule has 96 valence electrons. The summed E-state index contributed by atoms with van der Waals surface area (Å²) in [6.07, 6.45) is 8.16. The van der Waals surface area contributed by atoms with Gasteiger partial charge in [-0.3, -0.25) is 0 Å². The molecular weight excluding hydrogens is 242 g/mol. The lowest BCUT2D eigenvalue weighted by molar-refractivity contribution is 0.0697. The number of aromatic nitrogens is 2. The number of terminal acetylenes is 1. The molecule has 0 spiro atoms. The summed E-state index contributed by atoms with van der Waals surface area (Å²) in [6, 6.07) is 4.79. The molecule has 1 aromatic carbocycles. The van der Waals surface area contributed by atoms with Gasteiger partial charge in [-0.1, -0.05) is 0 Å². The fourth-order valence-electron chi connectivity index (χ4n) is 1.73. The van der Waals surface area contributed by atoms with Gasteiger partial charge in [0, 0.05) is 18.4 Å². The average molecular weight is 255 g/mol. The molecule has 19 heavy (non-hydrogen) atoms. The van der Waals surface area contributed by atoms with E-state index in [1.54, 1.807) is 12.1 Å². The molecular formula is C14H13N3O2. The van der Waals surface area contributed by atoms with E-state index >= 15 is 0 Å². The van der Waals surface area contributed by atoms with Gasteiger partial charge in [0.15, 0.2) is 0 Å². The first kappa shape index (κ1) is 12.8. The van der Waals surface area contributed by atoms with Gasteiger partial charge in [0.1, 0.15) is 12.1 Å². The number of carbonyl (C=O) groups is 1. The summed E-state index contributed by atoms with van der Waals surface area (Å²) in [7, 11) is 0. The Bertz CT molecular complexity index is 647. The quantitative estimate of drug-likeness (QED) is 0.632. The Labute approximate surface area is 110 Å². The smallest absolute Gasteiger partial charge is 0.335 e. The third-order valence-electron chi connectivity index (χ3n) is 2.67. The maximum atomic E-state index is 10.9. The minimum Gasteiger partial charge on any atom is -0.478 e. The molecule has 2 aromatic rings. The van der Waals surface area contributed by atoms with Crippen molar-refractivity contribution in [1.82, 2.24) is 9.97 Å². The third kappa shape index (κ3) is 2.99. The largest absolute Gasteiger partial charge is 0.478 e. The molecule has 5 nitrogen and oxygen atoms in total. The van der Waals surface area contributed by atoms with Crippen LogP contribution in [-0.4, -0.2) is 27.6 Å². The van der Waals surface area contributed by atoms with Gasteiger partial charge in [-0.15, -0.1) is 12.3 Å². The van der Waals surface area contributed by atoms with Crippen LogP contribution in [0.2, 0.25) is 0 Å². The van der Waals surface area contributed by atoms with E-state index in [9.17, 15) is 4.79 Å². The zero-order chi connectivity index (χ0) is 13.7. The van der Waals surface area contributed by atoms with Gasteiger partial charge in [-0.2, -0.15) is 0 Å². The van der Waals surface area contributed by atoms with Gasteiger partial charge in [0.05, 0.1) is 11.1 Å². The topological polar surface area (TPSA) is 75.1 Å². The lowest BCUT2D eigenvalue weighted by Crippen LogP contribution is -2.04. The summed E-state index contributed by atoms with van der Waals surface area (Å²) in [6.45, 7) is 0.719. The van der Waals surface area contributed by atoms with Crippen LogP contribution in [0.3, 0.4) is 0 Å². The maximum absolute atomic E-state index is 10.9. The highest BCUT2D eigenvalue weighted by Crippen LogP contribution is 2.20. The number of unbranched alkanes of at least 4 members (excludes halogenated alkanes) is 1. The lowest BCUT2D eigenvalue weighted by atomic mass is 10.1. The Morgan fingerprint density at radius 3 is 3.00 bits per heavy atom. The van der Waals surface area contributed by atoms with E-state index < -0.39 is 5.97 Å². The van der Waals surface area contributed by atoms with Gasteiger partial charge in [0.25, 0.3) is 0 Å². The van der Waals surface area contributed by atoms with Gasteiger partial charge < -0.3 is 10.4 Å². The second-order valence-corrected chi connectivity index (χ2v) is 3.99. The van der Waals surface area contributed by atoms with Gasteiger partial charge in [-0.05, 0) is 24.6 Å². The summed E-state index contributed by atoms with van der Waals surface area (Å²) in [5, 5.41) is 12.9. The molecule has 0 aliphatic carbocycles. The summed E-state index contributed by atoms with van der Waals surface area (Å²) < 4.78 is 0. The fraction of sp³-hybridized carbons (Fsp3) is 0.214. The van der Waals surface area contributed by atoms with Crippen LogP contribution in [-0.2, 0) is 0 Å². The monoisotopic (exact) mass is 255 g/mol. The zero-order valence-corrected chi connectivity index (χ0v) is 10.3. The summed E-state index contributed by atoms with van der Waals surface area (Å²) in [5.74, 6) is 2.30. The van der Waals surface area contributed by atoms with Gasteiger partial charge >= 0.3 is 5.97 Å². The van der Waals surface area contributed by atoms with Crippen LogP contribution < -0.4 is 5.32 Å². The van der Waals surface area contributed by atoms with Crippen LogP contribution in [0, 0.1) is 12.3 Å². The molecule has 2 N–H and O–H groups in total. The first-order valence-electron chi connectivity index (χ1n) is 5.88. The number of nitrogens with zero attached hydrogens (tertiary/aromatic N) is 2. The maximum Gasteiger partial charge on any atom is 0.335 e. The molecule has 0 aliphatic rings. The molecule has 0 unspecified atom stereocenters. The molecule has 0 atom stereocenters. The van der Waals surface area contributed by atoms with Crippen molar-refractivity contribution in [2.24, 2.45) is 0 Å². The number of benzene rings is 1. The lowest BCUT2D eigenvalue weighted by Gasteiger charge is -2.07. The molecule has 0 fully saturated rings. The minimum absolute atomic E-state index is 0.212. The minimum atomic E-state index is -0.968. The van der Waals surface area contributed by atoms with E-state index in [0.717, 1.165) is 18.4 Å². The van der Waals surface area contributed by atoms with Crippen molar-refractivity contribution >= 4 is 22.7 Å². The highest BCUT2D eigenvalue weighted by Gasteiger charge is 2.07. The van der Waals surface area contributed by atoms with E-state index in [0.29, 0.717) is 17.8 Å². The van der Waals surface area contributed by atoms with Crippen LogP contribution in [0.5, 0.6) is 0 Å². The molecule has 0 bridgehead atoms. The molecule has 0 amide bonds. The number of carboxylic acid groups (broad SMARTS) is 1. The van der Waals surface area contributed by atoms with Gasteiger partial charge in [-0.25, -0.2) is 14.8 Å². The normalized spacial score (nSPS) is 10.1. The summed E-state index contributed by atoms with van der Waals surface area (Å²) in [4.78, 5) is 19.1. The van der Waals surface area contributed by atoms with E-state index in [1.165, 1.54) is 12.4 Å². The molecule has 0 saturated heterocycles. The third-order valence-corrected chi connectivity index (χ3v) is 2.67. The van der Waals surface area contributed by atoms with Crippen molar-refractivity contribution in [3.8, 4) is 12.3 Å². The highest BCUT2D eigenvalue weighted by molar-refractivity contribution is 5.96. The molecule has 1 aromatic heterocycles. The van der Waals surface area contributed by atoms with E-state index in [-0.39, 0.29) is 5.56 Å². The number of aromatic carboxylic acids is 1. The number of anilines is 1. The molecule has 0 aliphatic heterocycles. The van der Waals surface area contributed by atoms with Crippen molar-refractivity contribution in [1.29, 1.82) is 0 Å². The average Bonchev–Trinajstić information content (AvgIpc) is 2.43. The summed E-state index contributed by atoms with van der Waals surface area (Å²) >= 11 is 0. The van der Waals surface area contributed by atoms with Crippen molar-refractivity contribution < 1.29 is 9.90 Å². The second kappa shape index (κ2) is 5.83. The molecule has 0 saturated carbocycles. The molecule has 1 heterocycles. The molecule has 0 radical (unpaired) electrons. The fourth-order valence-corrected chi connectivity index (χ4v) is 1.73. The Kier molecular flexibility index (Phi) is 3.94. The van der Waals surface area contributed by atoms with Crippen LogP contribution in [0.25, 0.3) is 10.9 Å². The summed E-state index contributed by atoms with van der Waals surface area (Å²) in [5.41, 5.74) is 0.818. The number of fused-ring (bicyclic) bond motifs is 1. The van der Waals surface area contributed by atoms with Crippen LogP contribution in [0.1, 0.15) is 23.2 Å².